The number of hydrogen-bond acceptors (Lipinski definition) is 1. The molecule has 0 bridgehead atoms. The molecular formula is C13H26N2. The number of hydrogen-bond donors (Lipinski definition) is 1. The van der Waals surface area contributed by atoms with E-state index in [1.165, 1.54) is 32.1 Å². The summed E-state index contributed by atoms with van der Waals surface area (Å²) in [4.78, 5) is 2.21. The molecule has 0 spiro atoms. The molecule has 0 radical (unpaired) electrons. The van der Waals surface area contributed by atoms with Gasteiger partial charge in [-0.2, -0.15) is 0 Å². The van der Waals surface area contributed by atoms with Gasteiger partial charge in [0.2, 0.25) is 0 Å². The van der Waals surface area contributed by atoms with Crippen molar-refractivity contribution in [3.8, 4) is 0 Å². The van der Waals surface area contributed by atoms with Gasteiger partial charge in [0.1, 0.15) is 0 Å². The Balaban J connectivity index is 2.42. The summed E-state index contributed by atoms with van der Waals surface area (Å²) >= 11 is 0. The third-order valence-corrected chi connectivity index (χ3v) is 3.91. The Labute approximate surface area is 94.6 Å². The highest BCUT2D eigenvalue weighted by Gasteiger charge is 2.25. The molecule has 0 aromatic heterocycles. The molecule has 1 aliphatic carbocycles. The first kappa shape index (κ1) is 12.5. The minimum Gasteiger partial charge on any atom is -0.361 e. The summed E-state index contributed by atoms with van der Waals surface area (Å²) in [6, 6.07) is 0. The summed E-state index contributed by atoms with van der Waals surface area (Å²) in [5, 5.41) is 8.19. The van der Waals surface area contributed by atoms with Crippen molar-refractivity contribution in [2.24, 2.45) is 11.8 Å². The van der Waals surface area contributed by atoms with E-state index in [0.29, 0.717) is 5.92 Å². The van der Waals surface area contributed by atoms with Gasteiger partial charge in [0.05, 0.1) is 5.84 Å². The van der Waals surface area contributed by atoms with Crippen molar-refractivity contribution >= 4 is 5.84 Å². The molecule has 1 saturated carbocycles. The Kier molecular flexibility index (Phi) is 5.13. The predicted molar refractivity (Wildman–Crippen MR) is 66.4 cm³/mol. The van der Waals surface area contributed by atoms with Crippen molar-refractivity contribution < 1.29 is 0 Å². The number of nitrogens with one attached hydrogen (secondary N) is 1. The lowest BCUT2D eigenvalue weighted by Crippen LogP contribution is -2.36. The van der Waals surface area contributed by atoms with Crippen LogP contribution in [0.1, 0.15) is 52.9 Å². The third kappa shape index (κ3) is 3.22. The van der Waals surface area contributed by atoms with Crippen molar-refractivity contribution in [1.82, 2.24) is 4.90 Å². The molecule has 88 valence electrons. The Morgan fingerprint density at radius 2 is 1.60 bits per heavy atom. The summed E-state index contributed by atoms with van der Waals surface area (Å²) in [6.45, 7) is 8.57. The van der Waals surface area contributed by atoms with Crippen molar-refractivity contribution in [1.29, 1.82) is 5.41 Å². The van der Waals surface area contributed by atoms with Gasteiger partial charge in [-0.1, -0.05) is 13.3 Å². The molecule has 0 atom stereocenters. The van der Waals surface area contributed by atoms with Crippen molar-refractivity contribution in [2.45, 2.75) is 52.9 Å². The van der Waals surface area contributed by atoms with Crippen LogP contribution in [-0.2, 0) is 0 Å². The third-order valence-electron chi connectivity index (χ3n) is 3.91. The summed E-state index contributed by atoms with van der Waals surface area (Å²) in [7, 11) is 0. The molecule has 0 aromatic rings. The molecule has 0 heterocycles. The maximum absolute atomic E-state index is 8.19. The molecule has 1 rings (SSSR count). The first-order chi connectivity index (χ1) is 7.22. The maximum atomic E-state index is 8.19. The maximum Gasteiger partial charge on any atom is 0.0989 e. The predicted octanol–water partition coefficient (Wildman–Crippen LogP) is 3.52. The van der Waals surface area contributed by atoms with Crippen LogP contribution in [0.3, 0.4) is 0 Å². The van der Waals surface area contributed by atoms with E-state index in [9.17, 15) is 0 Å². The second kappa shape index (κ2) is 6.14. The van der Waals surface area contributed by atoms with Gasteiger partial charge < -0.3 is 4.90 Å². The van der Waals surface area contributed by atoms with Gasteiger partial charge in [-0.3, -0.25) is 5.41 Å². The first-order valence-electron chi connectivity index (χ1n) is 6.56. The highest BCUT2D eigenvalue weighted by Crippen LogP contribution is 2.31. The van der Waals surface area contributed by atoms with E-state index in [2.05, 4.69) is 25.7 Å². The molecule has 0 saturated heterocycles. The molecule has 0 aliphatic heterocycles. The molecule has 2 heteroatoms. The lowest BCUT2D eigenvalue weighted by Gasteiger charge is -2.33. The molecule has 15 heavy (non-hydrogen) atoms. The Morgan fingerprint density at radius 3 is 2.00 bits per heavy atom. The summed E-state index contributed by atoms with van der Waals surface area (Å²) in [5.74, 6) is 2.38. The van der Waals surface area contributed by atoms with Crippen molar-refractivity contribution in [3.63, 3.8) is 0 Å². The van der Waals surface area contributed by atoms with Gasteiger partial charge in [0.25, 0.3) is 0 Å². The van der Waals surface area contributed by atoms with E-state index in [0.717, 1.165) is 24.8 Å². The first-order valence-corrected chi connectivity index (χ1v) is 6.56. The van der Waals surface area contributed by atoms with E-state index in [4.69, 9.17) is 5.41 Å². The summed E-state index contributed by atoms with van der Waals surface area (Å²) < 4.78 is 0. The SMILES string of the molecule is CCC1CCC(C(=N)N(CC)CC)CC1. The van der Waals surface area contributed by atoms with Crippen LogP contribution in [0.4, 0.5) is 0 Å². The van der Waals surface area contributed by atoms with Crippen LogP contribution in [0.5, 0.6) is 0 Å². The zero-order chi connectivity index (χ0) is 11.3. The molecule has 1 aliphatic rings. The lowest BCUT2D eigenvalue weighted by molar-refractivity contribution is 0.294. The molecule has 0 aromatic carbocycles. The minimum atomic E-state index is 0.549. The molecule has 0 unspecified atom stereocenters. The monoisotopic (exact) mass is 210 g/mol. The van der Waals surface area contributed by atoms with E-state index < -0.39 is 0 Å². The van der Waals surface area contributed by atoms with Gasteiger partial charge in [-0.25, -0.2) is 0 Å². The van der Waals surface area contributed by atoms with Crippen molar-refractivity contribution in [2.75, 3.05) is 13.1 Å². The topological polar surface area (TPSA) is 27.1 Å². The second-order valence-electron chi connectivity index (χ2n) is 4.68. The van der Waals surface area contributed by atoms with Gasteiger partial charge >= 0.3 is 0 Å². The summed E-state index contributed by atoms with van der Waals surface area (Å²) in [5.41, 5.74) is 0. The highest BCUT2D eigenvalue weighted by molar-refractivity contribution is 5.81. The van der Waals surface area contributed by atoms with Crippen LogP contribution in [0.2, 0.25) is 0 Å². The quantitative estimate of drug-likeness (QED) is 0.558. The zero-order valence-electron chi connectivity index (χ0n) is 10.6. The van der Waals surface area contributed by atoms with Gasteiger partial charge in [0.15, 0.2) is 0 Å². The fourth-order valence-electron chi connectivity index (χ4n) is 2.67. The number of nitrogens with zero attached hydrogens (tertiary/aromatic N) is 1. The van der Waals surface area contributed by atoms with Crippen LogP contribution >= 0.6 is 0 Å². The highest BCUT2D eigenvalue weighted by atomic mass is 15.2. The van der Waals surface area contributed by atoms with E-state index >= 15 is 0 Å². The molecule has 1 N–H and O–H groups in total. The largest absolute Gasteiger partial charge is 0.361 e. The fourth-order valence-corrected chi connectivity index (χ4v) is 2.67. The normalized spacial score (nSPS) is 26.3. The van der Waals surface area contributed by atoms with E-state index in [1.807, 2.05) is 0 Å². The number of amidine groups is 1. The van der Waals surface area contributed by atoms with E-state index in [-0.39, 0.29) is 0 Å². The van der Waals surface area contributed by atoms with Gasteiger partial charge in [0, 0.05) is 19.0 Å². The smallest absolute Gasteiger partial charge is 0.0989 e. The molecular weight excluding hydrogens is 184 g/mol. The fraction of sp³-hybridized carbons (Fsp3) is 0.923. The van der Waals surface area contributed by atoms with Gasteiger partial charge in [-0.05, 0) is 45.4 Å². The van der Waals surface area contributed by atoms with Crippen LogP contribution in [0.25, 0.3) is 0 Å². The molecule has 1 fully saturated rings. The van der Waals surface area contributed by atoms with Crippen LogP contribution in [0.15, 0.2) is 0 Å². The summed E-state index contributed by atoms with van der Waals surface area (Å²) in [6.07, 6.45) is 6.49. The Bertz CT molecular complexity index is 189. The standard InChI is InChI=1S/C13H26N2/c1-4-11-7-9-12(10-8-11)13(14)15(5-2)6-3/h11-12,14H,4-10H2,1-3H3. The Morgan fingerprint density at radius 1 is 1.07 bits per heavy atom. The van der Waals surface area contributed by atoms with Crippen molar-refractivity contribution in [3.05, 3.63) is 0 Å². The average molecular weight is 210 g/mol. The van der Waals surface area contributed by atoms with Crippen LogP contribution in [0, 0.1) is 17.2 Å². The molecule has 0 amide bonds. The zero-order valence-corrected chi connectivity index (χ0v) is 10.6. The molecule has 2 nitrogen and oxygen atoms in total. The lowest BCUT2D eigenvalue weighted by atomic mass is 9.80. The van der Waals surface area contributed by atoms with Crippen LogP contribution in [-0.4, -0.2) is 23.8 Å². The minimum absolute atomic E-state index is 0.549. The number of rotatable bonds is 4. The van der Waals surface area contributed by atoms with Gasteiger partial charge in [-0.15, -0.1) is 0 Å². The Hall–Kier alpha value is -0.530. The van der Waals surface area contributed by atoms with Crippen LogP contribution < -0.4 is 0 Å². The second-order valence-corrected chi connectivity index (χ2v) is 4.68. The van der Waals surface area contributed by atoms with E-state index in [1.54, 1.807) is 0 Å². The average Bonchev–Trinajstić information content (AvgIpc) is 2.30.